The molecule has 2 fully saturated rings. The second kappa shape index (κ2) is 11.3. The van der Waals surface area contributed by atoms with Crippen LogP contribution in [0.5, 0.6) is 11.5 Å². The van der Waals surface area contributed by atoms with Gasteiger partial charge in [0.05, 0.1) is 6.20 Å². The number of fused-ring (bicyclic) bond motifs is 1. The summed E-state index contributed by atoms with van der Waals surface area (Å²) in [6.45, 7) is 4.12. The molecule has 0 unspecified atom stereocenters. The molecule has 7 nitrogen and oxygen atoms in total. The lowest BCUT2D eigenvalue weighted by molar-refractivity contribution is 0.0994. The molecule has 0 bridgehead atoms. The van der Waals surface area contributed by atoms with Gasteiger partial charge in [-0.15, -0.1) is 0 Å². The summed E-state index contributed by atoms with van der Waals surface area (Å²) in [5, 5.41) is 1.62. The predicted octanol–water partition coefficient (Wildman–Crippen LogP) is 7.18. The van der Waals surface area contributed by atoms with Crippen molar-refractivity contribution in [3.8, 4) is 11.5 Å². The first kappa shape index (κ1) is 27.9. The maximum atomic E-state index is 15.3. The molecule has 1 spiro atoms. The van der Waals surface area contributed by atoms with Gasteiger partial charge in [0.15, 0.2) is 0 Å². The minimum Gasteiger partial charge on any atom is -0.455 e. The number of ether oxygens (including phenoxy) is 1. The number of hydrogen-bond donors (Lipinski definition) is 2. The Morgan fingerprint density at radius 2 is 1.86 bits per heavy atom. The number of amides is 1. The number of piperazine rings is 1. The quantitative estimate of drug-likeness (QED) is 0.235. The molecular formula is C34H35ClFN5O2. The standard InChI is InChI=1S/C34H35ClFN5O2/c35-25-4-2-22(3-5-25)28-19-34(8-1-9-34)10-6-24(28)21-40-12-14-41(15-13-40)26-17-29(36)31(32(37)42)30(18-26)43-27-16-23-7-11-38-33(23)39-20-27/h2-5,7,11,16-18,20H,1,6,8-10,12-15,19,21H2,(H2,37,42)(H,38,39). The Hall–Kier alpha value is -3.88. The number of primary amides is 1. The van der Waals surface area contributed by atoms with Crippen molar-refractivity contribution >= 4 is 39.8 Å². The van der Waals surface area contributed by atoms with E-state index >= 15 is 4.39 Å². The van der Waals surface area contributed by atoms with Crippen LogP contribution in [0.4, 0.5) is 10.1 Å². The summed E-state index contributed by atoms with van der Waals surface area (Å²) in [4.78, 5) is 24.2. The fourth-order valence-electron chi connectivity index (χ4n) is 7.00. The van der Waals surface area contributed by atoms with E-state index in [0.717, 1.165) is 56.0 Å². The number of carbonyl (C=O) groups is 1. The van der Waals surface area contributed by atoms with Gasteiger partial charge >= 0.3 is 0 Å². The van der Waals surface area contributed by atoms with Gasteiger partial charge in [-0.1, -0.05) is 35.7 Å². The number of halogens is 2. The molecule has 2 aliphatic carbocycles. The zero-order chi connectivity index (χ0) is 29.6. The van der Waals surface area contributed by atoms with Crippen molar-refractivity contribution in [3.05, 3.63) is 88.5 Å². The van der Waals surface area contributed by atoms with Gasteiger partial charge in [0, 0.05) is 61.1 Å². The highest BCUT2D eigenvalue weighted by atomic mass is 35.5. The van der Waals surface area contributed by atoms with Crippen molar-refractivity contribution in [1.82, 2.24) is 14.9 Å². The van der Waals surface area contributed by atoms with Crippen LogP contribution in [-0.4, -0.2) is 53.5 Å². The topological polar surface area (TPSA) is 87.5 Å². The smallest absolute Gasteiger partial charge is 0.255 e. The van der Waals surface area contributed by atoms with Crippen LogP contribution < -0.4 is 15.4 Å². The van der Waals surface area contributed by atoms with Crippen LogP contribution in [0.2, 0.25) is 5.02 Å². The fraction of sp³-hybridized carbons (Fsp3) is 0.353. The van der Waals surface area contributed by atoms with Gasteiger partial charge in [-0.05, 0) is 79.0 Å². The maximum absolute atomic E-state index is 15.3. The Kier molecular flexibility index (Phi) is 7.35. The Morgan fingerprint density at radius 1 is 1.07 bits per heavy atom. The van der Waals surface area contributed by atoms with Gasteiger partial charge < -0.3 is 20.4 Å². The number of benzene rings is 2. The molecule has 1 aliphatic heterocycles. The van der Waals surface area contributed by atoms with Crippen LogP contribution in [-0.2, 0) is 0 Å². The molecule has 2 aromatic heterocycles. The average Bonchev–Trinajstić information content (AvgIpc) is 3.45. The number of aromatic nitrogens is 2. The molecular weight excluding hydrogens is 565 g/mol. The van der Waals surface area contributed by atoms with Gasteiger partial charge in [-0.2, -0.15) is 0 Å². The van der Waals surface area contributed by atoms with E-state index in [0.29, 0.717) is 22.5 Å². The number of aromatic amines is 1. The third kappa shape index (κ3) is 5.61. The van der Waals surface area contributed by atoms with Gasteiger partial charge in [-0.3, -0.25) is 9.69 Å². The Morgan fingerprint density at radius 3 is 2.58 bits per heavy atom. The van der Waals surface area contributed by atoms with Crippen LogP contribution in [0.1, 0.15) is 54.4 Å². The van der Waals surface area contributed by atoms with Crippen molar-refractivity contribution < 1.29 is 13.9 Å². The van der Waals surface area contributed by atoms with Gasteiger partial charge in [0.2, 0.25) is 0 Å². The zero-order valence-electron chi connectivity index (χ0n) is 24.0. The highest BCUT2D eigenvalue weighted by Gasteiger charge is 2.40. The van der Waals surface area contributed by atoms with E-state index in [1.54, 1.807) is 18.3 Å². The summed E-state index contributed by atoms with van der Waals surface area (Å²) >= 11 is 6.21. The summed E-state index contributed by atoms with van der Waals surface area (Å²) in [5.74, 6) is -1.08. The minimum atomic E-state index is -0.875. The fourth-order valence-corrected chi connectivity index (χ4v) is 7.12. The van der Waals surface area contributed by atoms with Crippen LogP contribution in [0.3, 0.4) is 0 Å². The number of H-pyrrole nitrogens is 1. The molecule has 3 N–H and O–H groups in total. The maximum Gasteiger partial charge on any atom is 0.255 e. The van der Waals surface area contributed by atoms with Crippen LogP contribution in [0, 0.1) is 11.2 Å². The number of allylic oxidation sites excluding steroid dienone is 1. The lowest BCUT2D eigenvalue weighted by Gasteiger charge is -2.47. The monoisotopic (exact) mass is 599 g/mol. The number of rotatable bonds is 7. The minimum absolute atomic E-state index is 0.0894. The number of anilines is 1. The molecule has 9 heteroatoms. The van der Waals surface area contributed by atoms with E-state index in [-0.39, 0.29) is 11.3 Å². The molecule has 3 aliphatic rings. The molecule has 3 heterocycles. The summed E-state index contributed by atoms with van der Waals surface area (Å²) < 4.78 is 21.3. The molecule has 0 radical (unpaired) electrons. The van der Waals surface area contributed by atoms with Crippen LogP contribution >= 0.6 is 11.6 Å². The first-order chi connectivity index (χ1) is 20.9. The highest BCUT2D eigenvalue weighted by Crippen LogP contribution is 2.55. The average molecular weight is 600 g/mol. The molecule has 0 atom stereocenters. The lowest BCUT2D eigenvalue weighted by atomic mass is 9.59. The number of nitrogens with zero attached hydrogens (tertiary/aromatic N) is 3. The van der Waals surface area contributed by atoms with Crippen molar-refractivity contribution in [3.63, 3.8) is 0 Å². The van der Waals surface area contributed by atoms with Gasteiger partial charge in [-0.25, -0.2) is 9.37 Å². The van der Waals surface area contributed by atoms with Gasteiger partial charge in [0.1, 0.15) is 28.5 Å². The normalized spacial score (nSPS) is 18.7. The second-order valence-electron chi connectivity index (χ2n) is 12.2. The molecule has 1 saturated carbocycles. The first-order valence-electron chi connectivity index (χ1n) is 15.0. The summed E-state index contributed by atoms with van der Waals surface area (Å²) in [6, 6.07) is 15.1. The number of nitrogens with one attached hydrogen (secondary N) is 1. The van der Waals surface area contributed by atoms with Gasteiger partial charge in [0.25, 0.3) is 5.91 Å². The summed E-state index contributed by atoms with van der Waals surface area (Å²) in [5.41, 5.74) is 11.5. The number of hydrogen-bond acceptors (Lipinski definition) is 5. The molecule has 7 rings (SSSR count). The second-order valence-corrected chi connectivity index (χ2v) is 12.7. The zero-order valence-corrected chi connectivity index (χ0v) is 24.8. The third-order valence-electron chi connectivity index (χ3n) is 9.58. The molecule has 4 aromatic rings. The van der Waals surface area contributed by atoms with E-state index < -0.39 is 11.7 Å². The van der Waals surface area contributed by atoms with E-state index in [1.165, 1.54) is 54.7 Å². The van der Waals surface area contributed by atoms with Crippen LogP contribution in [0.15, 0.2) is 66.5 Å². The van der Waals surface area contributed by atoms with Crippen molar-refractivity contribution in [1.29, 1.82) is 0 Å². The van der Waals surface area contributed by atoms with E-state index in [4.69, 9.17) is 22.1 Å². The Labute approximate surface area is 255 Å². The van der Waals surface area contributed by atoms with Crippen molar-refractivity contribution in [2.45, 2.75) is 38.5 Å². The largest absolute Gasteiger partial charge is 0.455 e. The van der Waals surface area contributed by atoms with E-state index in [9.17, 15) is 4.79 Å². The molecule has 1 amide bonds. The summed E-state index contributed by atoms with van der Waals surface area (Å²) in [6.07, 6.45) is 10.9. The first-order valence-corrected chi connectivity index (χ1v) is 15.4. The van der Waals surface area contributed by atoms with Crippen LogP contribution in [0.25, 0.3) is 16.6 Å². The Balaban J connectivity index is 1.08. The van der Waals surface area contributed by atoms with E-state index in [2.05, 4.69) is 31.9 Å². The van der Waals surface area contributed by atoms with Crippen molar-refractivity contribution in [2.24, 2.45) is 11.1 Å². The molecule has 2 aromatic carbocycles. The lowest BCUT2D eigenvalue weighted by Crippen LogP contribution is -2.47. The van der Waals surface area contributed by atoms with E-state index in [1.807, 2.05) is 18.2 Å². The number of pyridine rings is 1. The Bertz CT molecular complexity index is 1700. The van der Waals surface area contributed by atoms with Crippen molar-refractivity contribution in [2.75, 3.05) is 37.6 Å². The SMILES string of the molecule is NC(=O)c1c(F)cc(N2CCN(CC3=C(c4ccc(Cl)cc4)CC4(CCC4)CC3)CC2)cc1Oc1cnc2[nH]ccc2c1. The highest BCUT2D eigenvalue weighted by molar-refractivity contribution is 6.30. The molecule has 43 heavy (non-hydrogen) atoms. The molecule has 1 saturated heterocycles. The predicted molar refractivity (Wildman–Crippen MR) is 168 cm³/mol. The summed E-state index contributed by atoms with van der Waals surface area (Å²) in [7, 11) is 0. The number of carbonyl (C=O) groups excluding carboxylic acids is 1. The third-order valence-corrected chi connectivity index (χ3v) is 9.83. The number of nitrogens with two attached hydrogens (primary N) is 1. The molecule has 222 valence electrons.